The zero-order valence-electron chi connectivity index (χ0n) is 15.6. The summed E-state index contributed by atoms with van der Waals surface area (Å²) in [5.41, 5.74) is 2.24. The summed E-state index contributed by atoms with van der Waals surface area (Å²) in [7, 11) is 0. The predicted octanol–water partition coefficient (Wildman–Crippen LogP) is 2.45. The molecular formula is C20H19ClN4O4. The van der Waals surface area contributed by atoms with Gasteiger partial charge in [-0.3, -0.25) is 14.6 Å². The van der Waals surface area contributed by atoms with Crippen molar-refractivity contribution in [2.24, 2.45) is 0 Å². The van der Waals surface area contributed by atoms with E-state index in [4.69, 9.17) is 16.0 Å². The molecule has 1 saturated heterocycles. The van der Waals surface area contributed by atoms with Crippen LogP contribution in [0.3, 0.4) is 0 Å². The molecule has 1 aliphatic rings. The first-order valence-corrected chi connectivity index (χ1v) is 9.54. The zero-order valence-corrected chi connectivity index (χ0v) is 16.4. The van der Waals surface area contributed by atoms with Crippen molar-refractivity contribution in [1.82, 2.24) is 9.88 Å². The van der Waals surface area contributed by atoms with Crippen LogP contribution in [0.15, 0.2) is 51.7 Å². The fourth-order valence-corrected chi connectivity index (χ4v) is 3.61. The number of carbonyl (C=O) groups is 2. The molecule has 0 aliphatic carbocycles. The van der Waals surface area contributed by atoms with Gasteiger partial charge in [0.05, 0.1) is 5.52 Å². The third-order valence-electron chi connectivity index (χ3n) is 4.95. The number of anilines is 2. The molecule has 1 aromatic heterocycles. The molecule has 0 bridgehead atoms. The highest BCUT2D eigenvalue weighted by atomic mass is 35.5. The first-order valence-electron chi connectivity index (χ1n) is 9.16. The van der Waals surface area contributed by atoms with E-state index in [0.717, 1.165) is 5.69 Å². The lowest BCUT2D eigenvalue weighted by Crippen LogP contribution is -2.56. The second kappa shape index (κ2) is 7.63. The molecule has 0 saturated carbocycles. The third kappa shape index (κ3) is 3.97. The Morgan fingerprint density at radius 3 is 2.66 bits per heavy atom. The normalized spacial score (nSPS) is 16.8. The van der Waals surface area contributed by atoms with E-state index in [9.17, 15) is 14.4 Å². The number of nitrogens with one attached hydrogen (secondary N) is 2. The Hall–Kier alpha value is -3.26. The van der Waals surface area contributed by atoms with Crippen LogP contribution in [0.2, 0.25) is 5.02 Å². The van der Waals surface area contributed by atoms with Gasteiger partial charge >= 0.3 is 17.6 Å². The maximum absolute atomic E-state index is 12.7. The summed E-state index contributed by atoms with van der Waals surface area (Å²) in [6.07, 6.45) is 0. The average Bonchev–Trinajstić information content (AvgIpc) is 3.07. The highest BCUT2D eigenvalue weighted by molar-refractivity contribution is 6.39. The number of aromatic nitrogens is 1. The Kier molecular flexibility index (Phi) is 5.02. The topological polar surface area (TPSA) is 98.6 Å². The SMILES string of the molecule is C[C@@H]1CN(c2ccc(Cl)cc2)CCN1C(=O)C(=O)Nc1ccc2[nH]c(=O)oc2c1. The van der Waals surface area contributed by atoms with Crippen molar-refractivity contribution >= 4 is 45.9 Å². The van der Waals surface area contributed by atoms with Crippen LogP contribution in [0.25, 0.3) is 11.1 Å². The quantitative estimate of drug-likeness (QED) is 0.627. The first-order chi connectivity index (χ1) is 13.9. The lowest BCUT2D eigenvalue weighted by Gasteiger charge is -2.40. The van der Waals surface area contributed by atoms with Crippen LogP contribution >= 0.6 is 11.6 Å². The highest BCUT2D eigenvalue weighted by Gasteiger charge is 2.31. The maximum atomic E-state index is 12.7. The number of aromatic amines is 1. The molecule has 4 rings (SSSR count). The van der Waals surface area contributed by atoms with Crippen molar-refractivity contribution in [2.45, 2.75) is 13.0 Å². The molecule has 1 aliphatic heterocycles. The van der Waals surface area contributed by atoms with Crippen molar-refractivity contribution in [3.63, 3.8) is 0 Å². The lowest BCUT2D eigenvalue weighted by atomic mass is 10.1. The van der Waals surface area contributed by atoms with E-state index in [1.165, 1.54) is 6.07 Å². The molecule has 2 N–H and O–H groups in total. The third-order valence-corrected chi connectivity index (χ3v) is 5.21. The number of H-pyrrole nitrogens is 1. The summed E-state index contributed by atoms with van der Waals surface area (Å²) in [6.45, 7) is 3.57. The van der Waals surface area contributed by atoms with Crippen LogP contribution in [-0.2, 0) is 9.59 Å². The summed E-state index contributed by atoms with van der Waals surface area (Å²) in [4.78, 5) is 42.6. The Labute approximate surface area is 171 Å². The minimum absolute atomic E-state index is 0.136. The molecule has 1 atom stereocenters. The van der Waals surface area contributed by atoms with E-state index in [1.807, 2.05) is 31.2 Å². The van der Waals surface area contributed by atoms with Gasteiger partial charge in [-0.15, -0.1) is 0 Å². The highest BCUT2D eigenvalue weighted by Crippen LogP contribution is 2.22. The van der Waals surface area contributed by atoms with Gasteiger partial charge < -0.3 is 19.5 Å². The first kappa shape index (κ1) is 19.1. The van der Waals surface area contributed by atoms with E-state index >= 15 is 0 Å². The van der Waals surface area contributed by atoms with Gasteiger partial charge in [-0.05, 0) is 43.3 Å². The molecule has 8 nitrogen and oxygen atoms in total. The molecule has 0 spiro atoms. The molecule has 2 amide bonds. The smallest absolute Gasteiger partial charge is 0.408 e. The van der Waals surface area contributed by atoms with E-state index in [0.29, 0.717) is 41.4 Å². The fourth-order valence-electron chi connectivity index (χ4n) is 3.48. The second-order valence-corrected chi connectivity index (χ2v) is 7.39. The van der Waals surface area contributed by atoms with E-state index < -0.39 is 17.6 Å². The van der Waals surface area contributed by atoms with Crippen molar-refractivity contribution < 1.29 is 14.0 Å². The number of nitrogens with zero attached hydrogens (tertiary/aromatic N) is 2. The van der Waals surface area contributed by atoms with Gasteiger partial charge in [-0.2, -0.15) is 0 Å². The number of benzene rings is 2. The molecule has 0 unspecified atom stereocenters. The van der Waals surface area contributed by atoms with Gasteiger partial charge in [0.15, 0.2) is 5.58 Å². The van der Waals surface area contributed by atoms with E-state index in [1.54, 1.807) is 17.0 Å². The molecule has 3 aromatic rings. The number of oxazole rings is 1. The van der Waals surface area contributed by atoms with Gasteiger partial charge in [-0.1, -0.05) is 11.6 Å². The molecule has 29 heavy (non-hydrogen) atoms. The van der Waals surface area contributed by atoms with Crippen molar-refractivity contribution in [3.8, 4) is 0 Å². The number of carbonyl (C=O) groups excluding carboxylic acids is 2. The second-order valence-electron chi connectivity index (χ2n) is 6.95. The number of fused-ring (bicyclic) bond motifs is 1. The largest absolute Gasteiger partial charge is 0.417 e. The van der Waals surface area contributed by atoms with Crippen molar-refractivity contribution in [2.75, 3.05) is 29.9 Å². The Bertz CT molecular complexity index is 1120. The van der Waals surface area contributed by atoms with Crippen LogP contribution in [0, 0.1) is 0 Å². The average molecular weight is 415 g/mol. The predicted molar refractivity (Wildman–Crippen MR) is 110 cm³/mol. The molecular weight excluding hydrogens is 396 g/mol. The van der Waals surface area contributed by atoms with Gasteiger partial charge in [0, 0.05) is 48.1 Å². The minimum atomic E-state index is -0.728. The van der Waals surface area contributed by atoms with Crippen molar-refractivity contribution in [3.05, 3.63) is 58.0 Å². The van der Waals surface area contributed by atoms with Crippen LogP contribution in [0.5, 0.6) is 0 Å². The van der Waals surface area contributed by atoms with Gasteiger partial charge in [0.25, 0.3) is 0 Å². The van der Waals surface area contributed by atoms with Gasteiger partial charge in [-0.25, -0.2) is 4.79 Å². The monoisotopic (exact) mass is 414 g/mol. The summed E-state index contributed by atoms with van der Waals surface area (Å²) < 4.78 is 4.97. The summed E-state index contributed by atoms with van der Waals surface area (Å²) in [5.74, 6) is -1.90. The van der Waals surface area contributed by atoms with Crippen molar-refractivity contribution in [1.29, 1.82) is 0 Å². The molecule has 0 radical (unpaired) electrons. The number of rotatable bonds is 2. The number of hydrogen-bond donors (Lipinski definition) is 2. The molecule has 2 aromatic carbocycles. The standard InChI is InChI=1S/C20H19ClN4O4/c1-12-11-24(15-5-2-13(21)3-6-15)8-9-25(12)19(27)18(26)22-14-4-7-16-17(10-14)29-20(28)23-16/h2-7,10,12H,8-9,11H2,1H3,(H,22,26)(H,23,28)/t12-/m1/s1. The Morgan fingerprint density at radius 1 is 1.17 bits per heavy atom. The molecule has 9 heteroatoms. The summed E-state index contributed by atoms with van der Waals surface area (Å²) >= 11 is 5.94. The summed E-state index contributed by atoms with van der Waals surface area (Å²) in [6, 6.07) is 12.1. The van der Waals surface area contributed by atoms with Gasteiger partial charge in [0.2, 0.25) is 0 Å². The van der Waals surface area contributed by atoms with E-state index in [2.05, 4.69) is 15.2 Å². The molecule has 2 heterocycles. The number of halogens is 1. The minimum Gasteiger partial charge on any atom is -0.408 e. The summed E-state index contributed by atoms with van der Waals surface area (Å²) in [5, 5.41) is 3.25. The maximum Gasteiger partial charge on any atom is 0.417 e. The zero-order chi connectivity index (χ0) is 20.5. The Balaban J connectivity index is 1.41. The van der Waals surface area contributed by atoms with Crippen LogP contribution in [0.4, 0.5) is 11.4 Å². The fraction of sp³-hybridized carbons (Fsp3) is 0.250. The lowest BCUT2D eigenvalue weighted by molar-refractivity contribution is -0.144. The molecule has 150 valence electrons. The molecule has 1 fully saturated rings. The number of amides is 2. The van der Waals surface area contributed by atoms with Gasteiger partial charge in [0.1, 0.15) is 0 Å². The van der Waals surface area contributed by atoms with Crippen LogP contribution in [0.1, 0.15) is 6.92 Å². The van der Waals surface area contributed by atoms with Crippen LogP contribution < -0.4 is 16.0 Å². The number of hydrogen-bond acceptors (Lipinski definition) is 5. The van der Waals surface area contributed by atoms with E-state index in [-0.39, 0.29) is 6.04 Å². The van der Waals surface area contributed by atoms with Crippen LogP contribution in [-0.4, -0.2) is 47.4 Å². The number of piperazine rings is 1. The Morgan fingerprint density at radius 2 is 1.93 bits per heavy atom.